The van der Waals surface area contributed by atoms with Crippen LogP contribution in [0.2, 0.25) is 0 Å². The summed E-state index contributed by atoms with van der Waals surface area (Å²) in [7, 11) is -3.60. The highest BCUT2D eigenvalue weighted by atomic mass is 32.2. The number of benzene rings is 2. The van der Waals surface area contributed by atoms with E-state index in [1.165, 1.54) is 4.31 Å². The first-order chi connectivity index (χ1) is 17.2. The molecular formula is C26H35N3O6S. The Balaban J connectivity index is 1.68. The van der Waals surface area contributed by atoms with Gasteiger partial charge in [-0.25, -0.2) is 8.42 Å². The summed E-state index contributed by atoms with van der Waals surface area (Å²) in [5, 5.41) is 2.78. The van der Waals surface area contributed by atoms with Crippen LogP contribution in [0, 0.1) is 0 Å². The molecule has 0 bridgehead atoms. The van der Waals surface area contributed by atoms with Crippen LogP contribution in [0.1, 0.15) is 32.3 Å². The molecule has 1 aliphatic heterocycles. The van der Waals surface area contributed by atoms with Crippen molar-refractivity contribution < 1.29 is 27.5 Å². The zero-order valence-corrected chi connectivity index (χ0v) is 21.9. The Morgan fingerprint density at radius 2 is 1.72 bits per heavy atom. The summed E-state index contributed by atoms with van der Waals surface area (Å²) in [5.41, 5.74) is 1.52. The molecule has 1 heterocycles. The SMILES string of the molecule is CCNC(=O)[C@H](C)N(CCc1ccccc1)C(=O)CCCN(c1ccc2c(c1)OCCO2)S(C)(=O)=O. The van der Waals surface area contributed by atoms with Gasteiger partial charge in [0.2, 0.25) is 21.8 Å². The smallest absolute Gasteiger partial charge is 0.242 e. The lowest BCUT2D eigenvalue weighted by molar-refractivity contribution is -0.139. The van der Waals surface area contributed by atoms with Crippen molar-refractivity contribution in [2.75, 3.05) is 43.4 Å². The van der Waals surface area contributed by atoms with Gasteiger partial charge in [0.05, 0.1) is 11.9 Å². The van der Waals surface area contributed by atoms with Gasteiger partial charge in [0.1, 0.15) is 19.3 Å². The predicted molar refractivity (Wildman–Crippen MR) is 139 cm³/mol. The van der Waals surface area contributed by atoms with Crippen LogP contribution in [0.4, 0.5) is 5.69 Å². The van der Waals surface area contributed by atoms with Gasteiger partial charge in [-0.2, -0.15) is 0 Å². The van der Waals surface area contributed by atoms with Gasteiger partial charge in [-0.05, 0) is 44.4 Å². The second-order valence-electron chi connectivity index (χ2n) is 8.66. The molecule has 2 aromatic rings. The van der Waals surface area contributed by atoms with Crippen molar-refractivity contribution in [2.45, 2.75) is 39.2 Å². The first-order valence-electron chi connectivity index (χ1n) is 12.2. The van der Waals surface area contributed by atoms with Crippen LogP contribution in [0.15, 0.2) is 48.5 Å². The molecule has 0 radical (unpaired) electrons. The Bertz CT molecular complexity index is 1140. The van der Waals surface area contributed by atoms with Crippen LogP contribution < -0.4 is 19.1 Å². The first-order valence-corrected chi connectivity index (χ1v) is 14.0. The number of amides is 2. The van der Waals surface area contributed by atoms with E-state index in [-0.39, 0.29) is 24.8 Å². The second kappa shape index (κ2) is 12.6. The van der Waals surface area contributed by atoms with Gasteiger partial charge in [0.15, 0.2) is 11.5 Å². The molecule has 1 N–H and O–H groups in total. The van der Waals surface area contributed by atoms with Crippen molar-refractivity contribution in [2.24, 2.45) is 0 Å². The second-order valence-corrected chi connectivity index (χ2v) is 10.6. The molecule has 0 saturated heterocycles. The highest BCUT2D eigenvalue weighted by Gasteiger charge is 2.26. The molecule has 0 aliphatic carbocycles. The molecule has 0 spiro atoms. The standard InChI is InChI=1S/C26H35N3O6S/c1-4-27-26(31)20(2)28(16-14-21-9-6-5-7-10-21)25(30)11-8-15-29(36(3,32)33)22-12-13-23-24(19-22)35-18-17-34-23/h5-7,9-10,12-13,19-20H,4,8,11,14-18H2,1-3H3,(H,27,31)/t20-/m0/s1. The summed E-state index contributed by atoms with van der Waals surface area (Å²) in [5.74, 6) is 0.654. The lowest BCUT2D eigenvalue weighted by atomic mass is 10.1. The zero-order valence-electron chi connectivity index (χ0n) is 21.1. The third kappa shape index (κ3) is 7.36. The van der Waals surface area contributed by atoms with Crippen LogP contribution in [0.5, 0.6) is 11.5 Å². The number of fused-ring (bicyclic) bond motifs is 1. The number of hydrogen-bond donors (Lipinski definition) is 1. The van der Waals surface area contributed by atoms with E-state index in [2.05, 4.69) is 5.32 Å². The van der Waals surface area contributed by atoms with E-state index in [1.54, 1.807) is 30.0 Å². The van der Waals surface area contributed by atoms with Crippen LogP contribution in [-0.4, -0.2) is 70.3 Å². The van der Waals surface area contributed by atoms with E-state index in [1.807, 2.05) is 37.3 Å². The van der Waals surface area contributed by atoms with Gasteiger partial charge >= 0.3 is 0 Å². The molecule has 2 aromatic carbocycles. The van der Waals surface area contributed by atoms with Crippen molar-refractivity contribution in [3.05, 3.63) is 54.1 Å². The number of sulfonamides is 1. The van der Waals surface area contributed by atoms with Crippen molar-refractivity contribution in [1.82, 2.24) is 10.2 Å². The van der Waals surface area contributed by atoms with Crippen LogP contribution in [0.25, 0.3) is 0 Å². The van der Waals surface area contributed by atoms with Gasteiger partial charge < -0.3 is 19.7 Å². The zero-order chi connectivity index (χ0) is 26.1. The number of hydrogen-bond acceptors (Lipinski definition) is 6. The Kier molecular flexibility index (Phi) is 9.58. The summed E-state index contributed by atoms with van der Waals surface area (Å²) in [4.78, 5) is 27.3. The average molecular weight is 518 g/mol. The van der Waals surface area contributed by atoms with Crippen LogP contribution in [-0.2, 0) is 26.0 Å². The van der Waals surface area contributed by atoms with E-state index in [9.17, 15) is 18.0 Å². The normalized spacial score (nSPS) is 13.5. The number of nitrogens with one attached hydrogen (secondary N) is 1. The summed E-state index contributed by atoms with van der Waals surface area (Å²) < 4.78 is 37.5. The van der Waals surface area contributed by atoms with Gasteiger partial charge in [0.25, 0.3) is 0 Å². The molecule has 1 atom stereocenters. The molecular weight excluding hydrogens is 482 g/mol. The maximum Gasteiger partial charge on any atom is 0.242 e. The Morgan fingerprint density at radius 1 is 1.03 bits per heavy atom. The Hall–Kier alpha value is -3.27. The van der Waals surface area contributed by atoms with Gasteiger partial charge in [0, 0.05) is 32.1 Å². The fourth-order valence-corrected chi connectivity index (χ4v) is 5.04. The summed E-state index contributed by atoms with van der Waals surface area (Å²) in [6.07, 6.45) is 2.15. The molecule has 3 rings (SSSR count). The van der Waals surface area contributed by atoms with Gasteiger partial charge in [-0.1, -0.05) is 30.3 Å². The van der Waals surface area contributed by atoms with E-state index in [0.29, 0.717) is 56.3 Å². The molecule has 0 aromatic heterocycles. The Morgan fingerprint density at radius 3 is 2.39 bits per heavy atom. The minimum absolute atomic E-state index is 0.106. The molecule has 2 amide bonds. The summed E-state index contributed by atoms with van der Waals surface area (Å²) >= 11 is 0. The van der Waals surface area contributed by atoms with E-state index in [4.69, 9.17) is 9.47 Å². The molecule has 10 heteroatoms. The molecule has 0 unspecified atom stereocenters. The number of carbonyl (C=O) groups excluding carboxylic acids is 2. The number of rotatable bonds is 12. The van der Waals surface area contributed by atoms with Gasteiger partial charge in [-0.15, -0.1) is 0 Å². The van der Waals surface area contributed by atoms with Crippen molar-refractivity contribution in [3.63, 3.8) is 0 Å². The topological polar surface area (TPSA) is 105 Å². The summed E-state index contributed by atoms with van der Waals surface area (Å²) in [6, 6.07) is 14.1. The number of ether oxygens (including phenoxy) is 2. The quantitative estimate of drug-likeness (QED) is 0.464. The molecule has 196 valence electrons. The third-order valence-corrected chi connectivity index (χ3v) is 7.16. The third-order valence-electron chi connectivity index (χ3n) is 5.97. The van der Waals surface area contributed by atoms with E-state index < -0.39 is 16.1 Å². The number of likely N-dealkylation sites (N-methyl/N-ethyl adjacent to an activating group) is 1. The monoisotopic (exact) mass is 517 g/mol. The van der Waals surface area contributed by atoms with Crippen molar-refractivity contribution in [3.8, 4) is 11.5 Å². The fourth-order valence-electron chi connectivity index (χ4n) is 4.08. The molecule has 0 saturated carbocycles. The lowest BCUT2D eigenvalue weighted by Gasteiger charge is -2.29. The number of nitrogens with zero attached hydrogens (tertiary/aromatic N) is 2. The largest absolute Gasteiger partial charge is 0.486 e. The van der Waals surface area contributed by atoms with E-state index in [0.717, 1.165) is 11.8 Å². The van der Waals surface area contributed by atoms with E-state index >= 15 is 0 Å². The minimum atomic E-state index is -3.60. The number of carbonyl (C=O) groups is 2. The highest BCUT2D eigenvalue weighted by molar-refractivity contribution is 7.92. The van der Waals surface area contributed by atoms with Crippen LogP contribution in [0.3, 0.4) is 0 Å². The average Bonchev–Trinajstić information content (AvgIpc) is 2.86. The van der Waals surface area contributed by atoms with Crippen molar-refractivity contribution >= 4 is 27.5 Å². The molecule has 1 aliphatic rings. The highest BCUT2D eigenvalue weighted by Crippen LogP contribution is 2.34. The summed E-state index contributed by atoms with van der Waals surface area (Å²) in [6.45, 7) is 5.37. The molecule has 36 heavy (non-hydrogen) atoms. The maximum atomic E-state index is 13.2. The minimum Gasteiger partial charge on any atom is -0.486 e. The predicted octanol–water partition coefficient (Wildman–Crippen LogP) is 2.60. The first kappa shape index (κ1) is 27.3. The lowest BCUT2D eigenvalue weighted by Crippen LogP contribution is -2.48. The fraction of sp³-hybridized carbons (Fsp3) is 0.462. The Labute approximate surface area is 213 Å². The van der Waals surface area contributed by atoms with Crippen molar-refractivity contribution in [1.29, 1.82) is 0 Å². The van der Waals surface area contributed by atoms with Crippen LogP contribution >= 0.6 is 0 Å². The maximum absolute atomic E-state index is 13.2. The molecule has 0 fully saturated rings. The van der Waals surface area contributed by atoms with Gasteiger partial charge in [-0.3, -0.25) is 13.9 Å². The molecule has 9 nitrogen and oxygen atoms in total. The number of anilines is 1.